The van der Waals surface area contributed by atoms with Crippen LogP contribution in [0.15, 0.2) is 30.3 Å². The minimum absolute atomic E-state index is 0.0136. The van der Waals surface area contributed by atoms with Crippen LogP contribution in [0.4, 0.5) is 5.69 Å². The Labute approximate surface area is 161 Å². The number of carbonyl (C=O) groups excluding carboxylic acids is 1. The van der Waals surface area contributed by atoms with E-state index in [0.29, 0.717) is 5.56 Å². The van der Waals surface area contributed by atoms with Gasteiger partial charge >= 0.3 is 0 Å². The predicted molar refractivity (Wildman–Crippen MR) is 107 cm³/mol. The lowest BCUT2D eigenvalue weighted by molar-refractivity contribution is 0.0922. The van der Waals surface area contributed by atoms with E-state index in [4.69, 9.17) is 5.26 Å². The number of anilines is 1. The first-order chi connectivity index (χ1) is 11.9. The first kappa shape index (κ1) is 16.6. The SMILES string of the molecule is CCc1cc2c(cc1I)C(C)(C)C1Nc3cc(C#N)ccc3C1C2=O. The summed E-state index contributed by atoms with van der Waals surface area (Å²) in [6.45, 7) is 6.55. The Morgan fingerprint density at radius 2 is 2.04 bits per heavy atom. The molecule has 1 N–H and O–H groups in total. The fourth-order valence-corrected chi connectivity index (χ4v) is 5.15. The van der Waals surface area contributed by atoms with Crippen molar-refractivity contribution in [3.05, 3.63) is 61.7 Å². The van der Waals surface area contributed by atoms with Gasteiger partial charge in [0.1, 0.15) is 0 Å². The molecule has 4 rings (SSSR count). The van der Waals surface area contributed by atoms with Crippen molar-refractivity contribution in [2.75, 3.05) is 5.32 Å². The summed E-state index contributed by atoms with van der Waals surface area (Å²) < 4.78 is 1.22. The van der Waals surface area contributed by atoms with Crippen molar-refractivity contribution < 1.29 is 4.79 Å². The fraction of sp³-hybridized carbons (Fsp3) is 0.333. The van der Waals surface area contributed by atoms with Gasteiger partial charge in [0.2, 0.25) is 0 Å². The molecule has 1 heterocycles. The van der Waals surface area contributed by atoms with Crippen LogP contribution in [-0.4, -0.2) is 11.8 Å². The fourth-order valence-electron chi connectivity index (χ4n) is 4.30. The lowest BCUT2D eigenvalue weighted by Crippen LogP contribution is -2.48. The minimum Gasteiger partial charge on any atom is -0.380 e. The van der Waals surface area contributed by atoms with Gasteiger partial charge in [0, 0.05) is 26.3 Å². The maximum absolute atomic E-state index is 13.4. The van der Waals surface area contributed by atoms with Crippen LogP contribution in [0, 0.1) is 14.9 Å². The van der Waals surface area contributed by atoms with Gasteiger partial charge in [-0.1, -0.05) is 26.8 Å². The van der Waals surface area contributed by atoms with E-state index in [-0.39, 0.29) is 23.2 Å². The second-order valence-electron chi connectivity index (χ2n) is 7.44. The molecule has 3 nitrogen and oxygen atoms in total. The van der Waals surface area contributed by atoms with Gasteiger partial charge in [-0.3, -0.25) is 4.79 Å². The molecule has 0 amide bonds. The van der Waals surface area contributed by atoms with Crippen molar-refractivity contribution in [1.29, 1.82) is 5.26 Å². The second-order valence-corrected chi connectivity index (χ2v) is 8.60. The number of rotatable bonds is 1. The molecule has 2 aromatic rings. The number of ketones is 1. The van der Waals surface area contributed by atoms with Gasteiger partial charge in [0.15, 0.2) is 5.78 Å². The van der Waals surface area contributed by atoms with Gasteiger partial charge in [0.05, 0.1) is 17.6 Å². The molecular weight excluding hydrogens is 423 g/mol. The van der Waals surface area contributed by atoms with E-state index in [9.17, 15) is 4.79 Å². The van der Waals surface area contributed by atoms with E-state index in [1.54, 1.807) is 0 Å². The quantitative estimate of drug-likeness (QED) is 0.647. The van der Waals surface area contributed by atoms with Crippen LogP contribution in [0.2, 0.25) is 0 Å². The largest absolute Gasteiger partial charge is 0.380 e. The Hall–Kier alpha value is -1.87. The highest BCUT2D eigenvalue weighted by Crippen LogP contribution is 2.51. The number of carbonyl (C=O) groups is 1. The van der Waals surface area contributed by atoms with Crippen molar-refractivity contribution in [2.45, 2.75) is 44.6 Å². The monoisotopic (exact) mass is 442 g/mol. The summed E-state index contributed by atoms with van der Waals surface area (Å²) in [5, 5.41) is 12.7. The molecule has 2 aliphatic rings. The van der Waals surface area contributed by atoms with E-state index in [1.165, 1.54) is 9.13 Å². The molecule has 0 radical (unpaired) electrons. The minimum atomic E-state index is -0.185. The van der Waals surface area contributed by atoms with Gasteiger partial charge < -0.3 is 5.32 Å². The zero-order chi connectivity index (χ0) is 17.9. The predicted octanol–water partition coefficient (Wildman–Crippen LogP) is 4.78. The highest BCUT2D eigenvalue weighted by atomic mass is 127. The van der Waals surface area contributed by atoms with Crippen LogP contribution >= 0.6 is 22.6 Å². The lowest BCUT2D eigenvalue weighted by atomic mass is 9.63. The summed E-state index contributed by atoms with van der Waals surface area (Å²) in [5.74, 6) is 0.0105. The molecule has 1 aliphatic carbocycles. The molecule has 0 spiro atoms. The van der Waals surface area contributed by atoms with Gasteiger partial charge in [-0.25, -0.2) is 0 Å². The molecule has 25 heavy (non-hydrogen) atoms. The average molecular weight is 442 g/mol. The maximum Gasteiger partial charge on any atom is 0.172 e. The van der Waals surface area contributed by atoms with Gasteiger partial charge in [0.25, 0.3) is 0 Å². The molecular formula is C21H19IN2O. The van der Waals surface area contributed by atoms with E-state index in [1.807, 2.05) is 18.2 Å². The van der Waals surface area contributed by atoms with Gasteiger partial charge in [-0.15, -0.1) is 0 Å². The molecule has 0 saturated carbocycles. The van der Waals surface area contributed by atoms with E-state index < -0.39 is 0 Å². The smallest absolute Gasteiger partial charge is 0.172 e. The number of hydrogen-bond acceptors (Lipinski definition) is 3. The van der Waals surface area contributed by atoms with E-state index >= 15 is 0 Å². The third-order valence-corrected chi connectivity index (χ3v) is 6.75. The Balaban J connectivity index is 1.92. The number of aryl methyl sites for hydroxylation is 1. The van der Waals surface area contributed by atoms with Crippen LogP contribution in [0.1, 0.15) is 59.3 Å². The molecule has 2 atom stereocenters. The molecule has 2 aromatic carbocycles. The third kappa shape index (κ3) is 2.25. The molecule has 0 bridgehead atoms. The van der Waals surface area contributed by atoms with Crippen LogP contribution in [0.5, 0.6) is 0 Å². The first-order valence-electron chi connectivity index (χ1n) is 8.56. The third-order valence-electron chi connectivity index (χ3n) is 5.75. The number of halogens is 1. The summed E-state index contributed by atoms with van der Waals surface area (Å²) >= 11 is 2.37. The Morgan fingerprint density at radius 3 is 2.72 bits per heavy atom. The molecule has 2 unspecified atom stereocenters. The highest BCUT2D eigenvalue weighted by Gasteiger charge is 2.51. The van der Waals surface area contributed by atoms with Gasteiger partial charge in [-0.2, -0.15) is 5.26 Å². The summed E-state index contributed by atoms with van der Waals surface area (Å²) in [6, 6.07) is 12.1. The van der Waals surface area contributed by atoms with Crippen molar-refractivity contribution in [2.24, 2.45) is 0 Å². The van der Waals surface area contributed by atoms with Crippen LogP contribution in [-0.2, 0) is 11.8 Å². The molecule has 0 fully saturated rings. The van der Waals surface area contributed by atoms with Gasteiger partial charge in [-0.05, 0) is 70.0 Å². The van der Waals surface area contributed by atoms with E-state index in [0.717, 1.165) is 28.8 Å². The summed E-state index contributed by atoms with van der Waals surface area (Å²) in [6.07, 6.45) is 0.924. The van der Waals surface area contributed by atoms with Crippen molar-refractivity contribution in [1.82, 2.24) is 0 Å². The zero-order valence-corrected chi connectivity index (χ0v) is 16.6. The Bertz CT molecular complexity index is 955. The average Bonchev–Trinajstić information content (AvgIpc) is 2.99. The van der Waals surface area contributed by atoms with Crippen LogP contribution in [0.3, 0.4) is 0 Å². The normalized spacial score (nSPS) is 22.4. The Morgan fingerprint density at radius 1 is 1.28 bits per heavy atom. The number of nitriles is 1. The number of benzene rings is 2. The standard InChI is InChI=1S/C21H19IN2O/c1-4-12-8-14-15(9-16(12)22)21(2,3)20-18(19(14)25)13-6-5-11(10-23)7-17(13)24-20/h5-9,18,20,24H,4H2,1-3H3. The van der Waals surface area contributed by atoms with Crippen LogP contribution in [0.25, 0.3) is 0 Å². The lowest BCUT2D eigenvalue weighted by Gasteiger charge is -2.41. The Kier molecular flexibility index (Phi) is 3.69. The molecule has 1 aliphatic heterocycles. The first-order valence-corrected chi connectivity index (χ1v) is 9.64. The summed E-state index contributed by atoms with van der Waals surface area (Å²) in [7, 11) is 0. The van der Waals surface area contributed by atoms with Crippen molar-refractivity contribution in [3.63, 3.8) is 0 Å². The van der Waals surface area contributed by atoms with Crippen molar-refractivity contribution in [3.8, 4) is 6.07 Å². The molecule has 4 heteroatoms. The van der Waals surface area contributed by atoms with Crippen LogP contribution < -0.4 is 5.32 Å². The second kappa shape index (κ2) is 5.57. The maximum atomic E-state index is 13.4. The highest BCUT2D eigenvalue weighted by molar-refractivity contribution is 14.1. The zero-order valence-electron chi connectivity index (χ0n) is 14.5. The topological polar surface area (TPSA) is 52.9 Å². The number of hydrogen-bond donors (Lipinski definition) is 1. The summed E-state index contributed by atoms with van der Waals surface area (Å²) in [4.78, 5) is 13.4. The number of Topliss-reactive ketones (excluding diaryl/α,β-unsaturated/α-hetero) is 1. The molecule has 0 aromatic heterocycles. The number of nitrogens with zero attached hydrogens (tertiary/aromatic N) is 1. The number of nitrogens with one attached hydrogen (secondary N) is 1. The van der Waals surface area contributed by atoms with Crippen molar-refractivity contribution >= 4 is 34.1 Å². The summed E-state index contributed by atoms with van der Waals surface area (Å²) in [5.41, 5.74) is 5.61. The molecule has 126 valence electrons. The molecule has 0 saturated heterocycles. The number of fused-ring (bicyclic) bond motifs is 4. The van der Waals surface area contributed by atoms with E-state index in [2.05, 4.69) is 66.9 Å².